The van der Waals surface area contributed by atoms with E-state index in [1.54, 1.807) is 6.26 Å². The number of hydrogen-bond donors (Lipinski definition) is 1. The molecule has 0 bridgehead atoms. The molecule has 3 heteroatoms. The van der Waals surface area contributed by atoms with Crippen molar-refractivity contribution in [3.63, 3.8) is 0 Å². The van der Waals surface area contributed by atoms with Gasteiger partial charge in [0.05, 0.1) is 12.8 Å². The molecule has 3 nitrogen and oxygen atoms in total. The predicted octanol–water partition coefficient (Wildman–Crippen LogP) is 2.49. The molecule has 1 rings (SSSR count). The highest BCUT2D eigenvalue weighted by Crippen LogP contribution is 2.08. The molecular formula is C13H24N2O. The minimum atomic E-state index is 0.566. The Morgan fingerprint density at radius 3 is 2.69 bits per heavy atom. The highest BCUT2D eigenvalue weighted by Gasteiger charge is 2.10. The number of furan rings is 1. The lowest BCUT2D eigenvalue weighted by atomic mass is 10.2. The zero-order valence-electron chi connectivity index (χ0n) is 10.9. The van der Waals surface area contributed by atoms with Gasteiger partial charge in [-0.25, -0.2) is 0 Å². The maximum atomic E-state index is 5.34. The third-order valence-electron chi connectivity index (χ3n) is 2.85. The monoisotopic (exact) mass is 224 g/mol. The van der Waals surface area contributed by atoms with Crippen LogP contribution in [0.4, 0.5) is 0 Å². The van der Waals surface area contributed by atoms with E-state index in [4.69, 9.17) is 4.42 Å². The van der Waals surface area contributed by atoms with Gasteiger partial charge < -0.3 is 9.73 Å². The van der Waals surface area contributed by atoms with Crippen LogP contribution in [-0.4, -0.2) is 30.6 Å². The molecule has 1 unspecified atom stereocenters. The molecule has 0 aliphatic rings. The van der Waals surface area contributed by atoms with Crippen LogP contribution < -0.4 is 5.32 Å². The van der Waals surface area contributed by atoms with Gasteiger partial charge >= 0.3 is 0 Å². The Hall–Kier alpha value is -0.800. The predicted molar refractivity (Wildman–Crippen MR) is 67.4 cm³/mol. The van der Waals surface area contributed by atoms with E-state index in [0.29, 0.717) is 12.1 Å². The van der Waals surface area contributed by atoms with E-state index in [-0.39, 0.29) is 0 Å². The second-order valence-corrected chi connectivity index (χ2v) is 4.74. The standard InChI is InChI=1S/C13H24N2O/c1-11(2)14-8-7-12(3)15(4)10-13-6-5-9-16-13/h5-6,9,11-12,14H,7-8,10H2,1-4H3. The number of hydrogen-bond acceptors (Lipinski definition) is 3. The molecule has 1 heterocycles. The van der Waals surface area contributed by atoms with Crippen LogP contribution >= 0.6 is 0 Å². The lowest BCUT2D eigenvalue weighted by molar-refractivity contribution is 0.218. The van der Waals surface area contributed by atoms with Crippen molar-refractivity contribution < 1.29 is 4.42 Å². The van der Waals surface area contributed by atoms with Crippen molar-refractivity contribution >= 4 is 0 Å². The van der Waals surface area contributed by atoms with E-state index in [9.17, 15) is 0 Å². The number of nitrogens with one attached hydrogen (secondary N) is 1. The van der Waals surface area contributed by atoms with Crippen LogP contribution in [0.15, 0.2) is 22.8 Å². The molecule has 1 atom stereocenters. The second kappa shape index (κ2) is 6.71. The fraction of sp³-hybridized carbons (Fsp3) is 0.692. The van der Waals surface area contributed by atoms with E-state index in [1.807, 2.05) is 12.1 Å². The van der Waals surface area contributed by atoms with Gasteiger partial charge in [0.1, 0.15) is 5.76 Å². The minimum absolute atomic E-state index is 0.566. The summed E-state index contributed by atoms with van der Waals surface area (Å²) in [5.41, 5.74) is 0. The SMILES string of the molecule is CC(C)NCCC(C)N(C)Cc1ccco1. The largest absolute Gasteiger partial charge is 0.468 e. The van der Waals surface area contributed by atoms with Gasteiger partial charge in [-0.3, -0.25) is 4.90 Å². The van der Waals surface area contributed by atoms with E-state index >= 15 is 0 Å². The molecule has 1 aromatic rings. The highest BCUT2D eigenvalue weighted by molar-refractivity contribution is 4.97. The van der Waals surface area contributed by atoms with Crippen LogP contribution in [0.3, 0.4) is 0 Å². The second-order valence-electron chi connectivity index (χ2n) is 4.74. The van der Waals surface area contributed by atoms with Gasteiger partial charge in [-0.15, -0.1) is 0 Å². The van der Waals surface area contributed by atoms with Crippen LogP contribution in [0.2, 0.25) is 0 Å². The lowest BCUT2D eigenvalue weighted by Gasteiger charge is -2.24. The number of rotatable bonds is 7. The zero-order valence-corrected chi connectivity index (χ0v) is 10.9. The summed E-state index contributed by atoms with van der Waals surface area (Å²) in [6.45, 7) is 8.57. The molecule has 0 aliphatic carbocycles. The minimum Gasteiger partial charge on any atom is -0.468 e. The van der Waals surface area contributed by atoms with E-state index in [1.165, 1.54) is 0 Å². The smallest absolute Gasteiger partial charge is 0.117 e. The van der Waals surface area contributed by atoms with E-state index in [2.05, 4.69) is 38.0 Å². The molecular weight excluding hydrogens is 200 g/mol. The Kier molecular flexibility index (Phi) is 5.56. The topological polar surface area (TPSA) is 28.4 Å². The summed E-state index contributed by atoms with van der Waals surface area (Å²) in [5.74, 6) is 1.03. The van der Waals surface area contributed by atoms with Gasteiger partial charge in [0.2, 0.25) is 0 Å². The fourth-order valence-corrected chi connectivity index (χ4v) is 1.61. The van der Waals surface area contributed by atoms with Crippen molar-refractivity contribution in [2.45, 2.75) is 45.8 Å². The maximum Gasteiger partial charge on any atom is 0.117 e. The first-order chi connectivity index (χ1) is 7.59. The lowest BCUT2D eigenvalue weighted by Crippen LogP contribution is -2.33. The molecule has 92 valence electrons. The Morgan fingerprint density at radius 2 is 2.12 bits per heavy atom. The maximum absolute atomic E-state index is 5.34. The van der Waals surface area contributed by atoms with Crippen LogP contribution in [-0.2, 0) is 6.54 Å². The molecule has 0 amide bonds. The third-order valence-corrected chi connectivity index (χ3v) is 2.85. The first kappa shape index (κ1) is 13.3. The van der Waals surface area contributed by atoms with Crippen LogP contribution in [0.5, 0.6) is 0 Å². The van der Waals surface area contributed by atoms with Crippen molar-refractivity contribution in [2.75, 3.05) is 13.6 Å². The molecule has 0 saturated carbocycles. The summed E-state index contributed by atoms with van der Waals surface area (Å²) >= 11 is 0. The van der Waals surface area contributed by atoms with Crippen LogP contribution in [0.25, 0.3) is 0 Å². The molecule has 0 radical (unpaired) electrons. The van der Waals surface area contributed by atoms with E-state index < -0.39 is 0 Å². The Bertz CT molecular complexity index is 269. The van der Waals surface area contributed by atoms with Gasteiger partial charge in [-0.05, 0) is 39.1 Å². The molecule has 0 spiro atoms. The normalized spacial score (nSPS) is 13.6. The van der Waals surface area contributed by atoms with Crippen LogP contribution in [0.1, 0.15) is 33.0 Å². The average Bonchev–Trinajstić information content (AvgIpc) is 2.69. The molecule has 16 heavy (non-hydrogen) atoms. The van der Waals surface area contributed by atoms with Crippen molar-refractivity contribution in [1.29, 1.82) is 0 Å². The molecule has 0 aliphatic heterocycles. The van der Waals surface area contributed by atoms with Crippen molar-refractivity contribution in [2.24, 2.45) is 0 Å². The van der Waals surface area contributed by atoms with Gasteiger partial charge in [0.15, 0.2) is 0 Å². The first-order valence-corrected chi connectivity index (χ1v) is 6.05. The highest BCUT2D eigenvalue weighted by atomic mass is 16.3. The van der Waals surface area contributed by atoms with Gasteiger partial charge in [0.25, 0.3) is 0 Å². The molecule has 0 saturated heterocycles. The third kappa shape index (κ3) is 4.81. The summed E-state index contributed by atoms with van der Waals surface area (Å²) < 4.78 is 5.34. The van der Waals surface area contributed by atoms with Gasteiger partial charge in [-0.2, -0.15) is 0 Å². The zero-order chi connectivity index (χ0) is 12.0. The summed E-state index contributed by atoms with van der Waals surface area (Å²) in [7, 11) is 2.14. The molecule has 1 aromatic heterocycles. The molecule has 1 N–H and O–H groups in total. The van der Waals surface area contributed by atoms with Crippen LogP contribution in [0, 0.1) is 0 Å². The van der Waals surface area contributed by atoms with E-state index in [0.717, 1.165) is 25.3 Å². The Balaban J connectivity index is 2.22. The van der Waals surface area contributed by atoms with Gasteiger partial charge in [0, 0.05) is 12.1 Å². The average molecular weight is 224 g/mol. The Morgan fingerprint density at radius 1 is 1.38 bits per heavy atom. The summed E-state index contributed by atoms with van der Waals surface area (Å²) in [6, 6.07) is 5.10. The Labute approximate surface area is 98.8 Å². The quantitative estimate of drug-likeness (QED) is 0.771. The summed E-state index contributed by atoms with van der Waals surface area (Å²) in [6.07, 6.45) is 2.89. The summed E-state index contributed by atoms with van der Waals surface area (Å²) in [4.78, 5) is 2.32. The fourth-order valence-electron chi connectivity index (χ4n) is 1.61. The van der Waals surface area contributed by atoms with Crippen molar-refractivity contribution in [3.8, 4) is 0 Å². The first-order valence-electron chi connectivity index (χ1n) is 6.05. The summed E-state index contributed by atoms with van der Waals surface area (Å²) in [5, 5.41) is 3.44. The van der Waals surface area contributed by atoms with Crippen molar-refractivity contribution in [1.82, 2.24) is 10.2 Å². The number of nitrogens with zero attached hydrogens (tertiary/aromatic N) is 1. The van der Waals surface area contributed by atoms with Crippen molar-refractivity contribution in [3.05, 3.63) is 24.2 Å². The molecule has 0 aromatic carbocycles. The van der Waals surface area contributed by atoms with Gasteiger partial charge in [-0.1, -0.05) is 13.8 Å². The molecule has 0 fully saturated rings.